The van der Waals surface area contributed by atoms with Crippen LogP contribution in [0.5, 0.6) is 0 Å². The summed E-state index contributed by atoms with van der Waals surface area (Å²) >= 11 is 0. The zero-order chi connectivity index (χ0) is 16.3. The SMILES string of the molecule is CCCCCCCCCCCCc1ccccc1C(C)(C)N.Cl. The number of unbranched alkanes of at least 4 members (excludes halogenated alkanes) is 9. The average molecular weight is 340 g/mol. The Kier molecular flexibility index (Phi) is 12.5. The number of benzene rings is 1. The Morgan fingerprint density at radius 3 is 1.78 bits per heavy atom. The van der Waals surface area contributed by atoms with Crippen LogP contribution in [0.25, 0.3) is 0 Å². The first-order valence-electron chi connectivity index (χ1n) is 9.43. The fourth-order valence-corrected chi connectivity index (χ4v) is 3.17. The van der Waals surface area contributed by atoms with Crippen molar-refractivity contribution in [3.8, 4) is 0 Å². The van der Waals surface area contributed by atoms with Crippen molar-refractivity contribution in [3.63, 3.8) is 0 Å². The van der Waals surface area contributed by atoms with Crippen molar-refractivity contribution in [1.82, 2.24) is 0 Å². The van der Waals surface area contributed by atoms with E-state index in [-0.39, 0.29) is 17.9 Å². The maximum absolute atomic E-state index is 6.28. The molecule has 0 unspecified atom stereocenters. The van der Waals surface area contributed by atoms with Crippen LogP contribution >= 0.6 is 12.4 Å². The van der Waals surface area contributed by atoms with Gasteiger partial charge in [0.1, 0.15) is 0 Å². The summed E-state index contributed by atoms with van der Waals surface area (Å²) < 4.78 is 0. The number of aryl methyl sites for hydroxylation is 1. The molecule has 0 heterocycles. The molecule has 0 saturated heterocycles. The second kappa shape index (κ2) is 12.8. The van der Waals surface area contributed by atoms with E-state index in [2.05, 4.69) is 45.0 Å². The van der Waals surface area contributed by atoms with Gasteiger partial charge in [-0.3, -0.25) is 0 Å². The molecule has 1 aromatic carbocycles. The zero-order valence-electron chi connectivity index (χ0n) is 15.6. The van der Waals surface area contributed by atoms with Crippen molar-refractivity contribution in [1.29, 1.82) is 0 Å². The predicted octanol–water partition coefficient (Wildman–Crippen LogP) is 6.77. The van der Waals surface area contributed by atoms with E-state index in [0.717, 1.165) is 0 Å². The van der Waals surface area contributed by atoms with E-state index in [1.54, 1.807) is 0 Å². The number of hydrogen-bond donors (Lipinski definition) is 1. The molecule has 0 aliphatic carbocycles. The molecule has 1 rings (SSSR count). The molecule has 0 fully saturated rings. The number of halogens is 1. The minimum absolute atomic E-state index is 0. The predicted molar refractivity (Wildman–Crippen MR) is 106 cm³/mol. The Morgan fingerprint density at radius 1 is 0.783 bits per heavy atom. The highest BCUT2D eigenvalue weighted by Gasteiger charge is 2.17. The molecule has 0 atom stereocenters. The molecule has 0 aliphatic rings. The van der Waals surface area contributed by atoms with Gasteiger partial charge in [0.15, 0.2) is 0 Å². The highest BCUT2D eigenvalue weighted by molar-refractivity contribution is 5.85. The Balaban J connectivity index is 0.00000484. The first-order chi connectivity index (χ1) is 10.6. The molecule has 2 N–H and O–H groups in total. The third kappa shape index (κ3) is 10.0. The van der Waals surface area contributed by atoms with Crippen molar-refractivity contribution in [2.75, 3.05) is 0 Å². The molecular formula is C21H38ClN. The normalized spacial score (nSPS) is 11.3. The highest BCUT2D eigenvalue weighted by Crippen LogP contribution is 2.23. The van der Waals surface area contributed by atoms with Crippen molar-refractivity contribution < 1.29 is 0 Å². The van der Waals surface area contributed by atoms with Gasteiger partial charge in [0.25, 0.3) is 0 Å². The number of rotatable bonds is 12. The maximum atomic E-state index is 6.28. The van der Waals surface area contributed by atoms with Crippen LogP contribution in [0.15, 0.2) is 24.3 Å². The van der Waals surface area contributed by atoms with E-state index in [4.69, 9.17) is 5.73 Å². The van der Waals surface area contributed by atoms with Crippen molar-refractivity contribution >= 4 is 12.4 Å². The lowest BCUT2D eigenvalue weighted by molar-refractivity contribution is 0.538. The Bertz CT molecular complexity index is 395. The summed E-state index contributed by atoms with van der Waals surface area (Å²) in [7, 11) is 0. The lowest BCUT2D eigenvalue weighted by Crippen LogP contribution is -2.30. The van der Waals surface area contributed by atoms with Crippen LogP contribution < -0.4 is 5.73 Å². The van der Waals surface area contributed by atoms with E-state index >= 15 is 0 Å². The second-order valence-electron chi connectivity index (χ2n) is 7.31. The summed E-state index contributed by atoms with van der Waals surface area (Å²) in [6.07, 6.45) is 15.1. The second-order valence-corrected chi connectivity index (χ2v) is 7.31. The lowest BCUT2D eigenvalue weighted by atomic mass is 9.89. The standard InChI is InChI=1S/C21H37N.ClH/c1-4-5-6-7-8-9-10-11-12-13-16-19-17-14-15-18-20(19)21(2,3)22;/h14-15,17-18H,4-13,16,22H2,1-3H3;1H. The van der Waals surface area contributed by atoms with E-state index in [0.29, 0.717) is 0 Å². The van der Waals surface area contributed by atoms with Crippen LogP contribution in [-0.4, -0.2) is 0 Å². The van der Waals surface area contributed by atoms with Gasteiger partial charge in [-0.1, -0.05) is 89.0 Å². The molecule has 134 valence electrons. The van der Waals surface area contributed by atoms with E-state index in [1.807, 2.05) is 0 Å². The van der Waals surface area contributed by atoms with Crippen LogP contribution in [-0.2, 0) is 12.0 Å². The van der Waals surface area contributed by atoms with Gasteiger partial charge in [-0.2, -0.15) is 0 Å². The molecule has 23 heavy (non-hydrogen) atoms. The summed E-state index contributed by atoms with van der Waals surface area (Å²) in [5, 5.41) is 0. The molecule has 0 saturated carbocycles. The smallest absolute Gasteiger partial charge is 0.0355 e. The third-order valence-corrected chi connectivity index (χ3v) is 4.51. The van der Waals surface area contributed by atoms with Crippen molar-refractivity contribution in [2.45, 2.75) is 96.9 Å². The Morgan fingerprint density at radius 2 is 1.26 bits per heavy atom. The van der Waals surface area contributed by atoms with Crippen LogP contribution in [0.1, 0.15) is 96.1 Å². The van der Waals surface area contributed by atoms with Crippen molar-refractivity contribution in [3.05, 3.63) is 35.4 Å². The molecule has 0 amide bonds. The first kappa shape index (κ1) is 22.5. The summed E-state index contributed by atoms with van der Waals surface area (Å²) in [5.74, 6) is 0. The van der Waals surface area contributed by atoms with Crippen LogP contribution in [0.4, 0.5) is 0 Å². The number of nitrogens with two attached hydrogens (primary N) is 1. The highest BCUT2D eigenvalue weighted by atomic mass is 35.5. The lowest BCUT2D eigenvalue weighted by Gasteiger charge is -2.23. The molecule has 1 aromatic rings. The molecule has 2 heteroatoms. The van der Waals surface area contributed by atoms with Gasteiger partial charge < -0.3 is 5.73 Å². The van der Waals surface area contributed by atoms with Gasteiger partial charge in [0, 0.05) is 5.54 Å². The fraction of sp³-hybridized carbons (Fsp3) is 0.714. The van der Waals surface area contributed by atoms with Gasteiger partial charge in [-0.05, 0) is 37.8 Å². The monoisotopic (exact) mass is 339 g/mol. The van der Waals surface area contributed by atoms with E-state index < -0.39 is 0 Å². The molecule has 0 spiro atoms. The van der Waals surface area contributed by atoms with Crippen LogP contribution in [0.3, 0.4) is 0 Å². The summed E-state index contributed by atoms with van der Waals surface area (Å²) in [5.41, 5.74) is 8.80. The zero-order valence-corrected chi connectivity index (χ0v) is 16.4. The van der Waals surface area contributed by atoms with Gasteiger partial charge in [0.05, 0.1) is 0 Å². The summed E-state index contributed by atoms with van der Waals surface area (Å²) in [4.78, 5) is 0. The molecule has 0 radical (unpaired) electrons. The maximum Gasteiger partial charge on any atom is 0.0355 e. The summed E-state index contributed by atoms with van der Waals surface area (Å²) in [6.45, 7) is 6.48. The fourth-order valence-electron chi connectivity index (χ4n) is 3.17. The largest absolute Gasteiger partial charge is 0.322 e. The van der Waals surface area contributed by atoms with Crippen molar-refractivity contribution in [2.24, 2.45) is 5.73 Å². The van der Waals surface area contributed by atoms with Gasteiger partial charge in [0.2, 0.25) is 0 Å². The molecule has 0 bridgehead atoms. The molecule has 0 aliphatic heterocycles. The Hall–Kier alpha value is -0.530. The minimum atomic E-state index is -0.227. The van der Waals surface area contributed by atoms with Gasteiger partial charge >= 0.3 is 0 Å². The topological polar surface area (TPSA) is 26.0 Å². The van der Waals surface area contributed by atoms with E-state index in [9.17, 15) is 0 Å². The quantitative estimate of drug-likeness (QED) is 0.418. The molecule has 1 nitrogen and oxygen atoms in total. The number of hydrogen-bond acceptors (Lipinski definition) is 1. The molecule has 0 aromatic heterocycles. The third-order valence-electron chi connectivity index (χ3n) is 4.51. The first-order valence-corrected chi connectivity index (χ1v) is 9.43. The van der Waals surface area contributed by atoms with E-state index in [1.165, 1.54) is 81.8 Å². The van der Waals surface area contributed by atoms with Crippen LogP contribution in [0.2, 0.25) is 0 Å². The average Bonchev–Trinajstić information content (AvgIpc) is 2.48. The molecular weight excluding hydrogens is 302 g/mol. The minimum Gasteiger partial charge on any atom is -0.322 e. The van der Waals surface area contributed by atoms with Gasteiger partial charge in [-0.25, -0.2) is 0 Å². The van der Waals surface area contributed by atoms with Gasteiger partial charge in [-0.15, -0.1) is 12.4 Å². The van der Waals surface area contributed by atoms with Crippen LogP contribution in [0, 0.1) is 0 Å². The summed E-state index contributed by atoms with van der Waals surface area (Å²) in [6, 6.07) is 8.68. The Labute approximate surface area is 150 Å².